The number of halogens is 2. The Morgan fingerprint density at radius 3 is 2.24 bits per heavy atom. The van der Waals surface area contributed by atoms with Crippen LogP contribution in [0.3, 0.4) is 0 Å². The van der Waals surface area contributed by atoms with E-state index in [-0.39, 0.29) is 12.3 Å². The van der Waals surface area contributed by atoms with Gasteiger partial charge in [0.25, 0.3) is 11.8 Å². The topological polar surface area (TPSA) is 49.9 Å². The summed E-state index contributed by atoms with van der Waals surface area (Å²) in [5.41, 5.74) is 0.399. The highest BCUT2D eigenvalue weighted by molar-refractivity contribution is 6.21. The molecule has 1 aliphatic carbocycles. The Labute approximate surface area is 120 Å². The van der Waals surface area contributed by atoms with Gasteiger partial charge in [0.2, 0.25) is 0 Å². The standard InChI is InChI=1S/C14H14F2N2O3/c1-8-12(19)18(13(20)17(8)2)9-3-5-10(6-4-9)21-11-7-14(11,15)16/h3-6,8,11H,7H2,1-2H3/t8-,11?/m0/s1. The van der Waals surface area contributed by atoms with E-state index in [1.54, 1.807) is 14.0 Å². The summed E-state index contributed by atoms with van der Waals surface area (Å²) < 4.78 is 30.6. The predicted molar refractivity (Wildman–Crippen MR) is 70.5 cm³/mol. The lowest BCUT2D eigenvalue weighted by atomic mass is 10.2. The first-order valence-electron chi connectivity index (χ1n) is 6.56. The molecule has 1 aromatic carbocycles. The van der Waals surface area contributed by atoms with E-state index in [1.165, 1.54) is 29.2 Å². The van der Waals surface area contributed by atoms with Crippen molar-refractivity contribution in [1.82, 2.24) is 4.90 Å². The van der Waals surface area contributed by atoms with Gasteiger partial charge in [-0.1, -0.05) is 0 Å². The average molecular weight is 296 g/mol. The van der Waals surface area contributed by atoms with Gasteiger partial charge in [-0.3, -0.25) is 4.79 Å². The number of likely N-dealkylation sites (N-methyl/N-ethyl adjacent to an activating group) is 1. The molecule has 21 heavy (non-hydrogen) atoms. The maximum absolute atomic E-state index is 12.8. The van der Waals surface area contributed by atoms with Crippen molar-refractivity contribution in [1.29, 1.82) is 0 Å². The molecule has 0 spiro atoms. The van der Waals surface area contributed by atoms with Gasteiger partial charge in [-0.05, 0) is 31.2 Å². The molecule has 1 saturated heterocycles. The van der Waals surface area contributed by atoms with E-state index in [0.717, 1.165) is 4.90 Å². The molecule has 5 nitrogen and oxygen atoms in total. The second-order valence-electron chi connectivity index (χ2n) is 5.31. The van der Waals surface area contributed by atoms with E-state index in [2.05, 4.69) is 0 Å². The Morgan fingerprint density at radius 2 is 1.81 bits per heavy atom. The van der Waals surface area contributed by atoms with Crippen molar-refractivity contribution < 1.29 is 23.1 Å². The molecular formula is C14H14F2N2O3. The van der Waals surface area contributed by atoms with Gasteiger partial charge in [0, 0.05) is 7.05 Å². The molecule has 2 aliphatic rings. The molecule has 1 aromatic rings. The molecule has 0 aromatic heterocycles. The van der Waals surface area contributed by atoms with Crippen LogP contribution in [0.5, 0.6) is 5.75 Å². The lowest BCUT2D eigenvalue weighted by Crippen LogP contribution is -2.31. The molecule has 7 heteroatoms. The zero-order chi connectivity index (χ0) is 15.4. The number of ether oxygens (including phenoxy) is 1. The van der Waals surface area contributed by atoms with E-state index < -0.39 is 24.1 Å². The summed E-state index contributed by atoms with van der Waals surface area (Å²) >= 11 is 0. The Kier molecular flexibility index (Phi) is 2.89. The number of imide groups is 1. The molecule has 0 N–H and O–H groups in total. The minimum atomic E-state index is -2.75. The molecule has 0 bridgehead atoms. The minimum absolute atomic E-state index is 0.278. The van der Waals surface area contributed by atoms with Gasteiger partial charge in [0.05, 0.1) is 12.1 Å². The fourth-order valence-corrected chi connectivity index (χ4v) is 2.16. The first-order valence-corrected chi connectivity index (χ1v) is 6.56. The zero-order valence-electron chi connectivity index (χ0n) is 11.5. The minimum Gasteiger partial charge on any atom is -0.484 e. The number of carbonyl (C=O) groups excluding carboxylic acids is 2. The summed E-state index contributed by atoms with van der Waals surface area (Å²) in [7, 11) is 1.55. The van der Waals surface area contributed by atoms with Crippen LogP contribution < -0.4 is 9.64 Å². The van der Waals surface area contributed by atoms with Crippen LogP contribution in [0.25, 0.3) is 0 Å². The third-order valence-corrected chi connectivity index (χ3v) is 3.79. The predicted octanol–water partition coefficient (Wildman–Crippen LogP) is 2.26. The van der Waals surface area contributed by atoms with Gasteiger partial charge >= 0.3 is 6.03 Å². The van der Waals surface area contributed by atoms with Gasteiger partial charge in [-0.15, -0.1) is 0 Å². The maximum Gasteiger partial charge on any atom is 0.331 e. The van der Waals surface area contributed by atoms with Gasteiger partial charge in [-0.25, -0.2) is 18.5 Å². The van der Waals surface area contributed by atoms with Crippen molar-refractivity contribution in [3.05, 3.63) is 24.3 Å². The smallest absolute Gasteiger partial charge is 0.331 e. The lowest BCUT2D eigenvalue weighted by Gasteiger charge is -2.14. The van der Waals surface area contributed by atoms with Crippen molar-refractivity contribution in [3.63, 3.8) is 0 Å². The number of hydrogen-bond acceptors (Lipinski definition) is 3. The zero-order valence-corrected chi connectivity index (χ0v) is 11.5. The normalized spacial score (nSPS) is 27.2. The highest BCUT2D eigenvalue weighted by Gasteiger charge is 2.59. The van der Waals surface area contributed by atoms with Crippen molar-refractivity contribution >= 4 is 17.6 Å². The number of carbonyl (C=O) groups is 2. The van der Waals surface area contributed by atoms with E-state index >= 15 is 0 Å². The fourth-order valence-electron chi connectivity index (χ4n) is 2.16. The molecule has 112 valence electrons. The van der Waals surface area contributed by atoms with Gasteiger partial charge < -0.3 is 9.64 Å². The number of nitrogens with zero attached hydrogens (tertiary/aromatic N) is 2. The summed E-state index contributed by atoms with van der Waals surface area (Å²) in [6.07, 6.45) is -1.36. The molecule has 3 rings (SSSR count). The third kappa shape index (κ3) is 2.22. The number of benzene rings is 1. The van der Waals surface area contributed by atoms with E-state index in [9.17, 15) is 18.4 Å². The largest absolute Gasteiger partial charge is 0.484 e. The number of anilines is 1. The summed E-state index contributed by atoms with van der Waals surface area (Å²) in [6, 6.07) is 5.06. The van der Waals surface area contributed by atoms with Crippen molar-refractivity contribution in [2.24, 2.45) is 0 Å². The SMILES string of the molecule is C[C@H]1C(=O)N(c2ccc(OC3CC3(F)F)cc2)C(=O)N1C. The molecule has 1 aliphatic heterocycles. The Balaban J connectivity index is 1.75. The van der Waals surface area contributed by atoms with Crippen LogP contribution in [-0.4, -0.2) is 42.0 Å². The van der Waals surface area contributed by atoms with Crippen LogP contribution in [0.15, 0.2) is 24.3 Å². The second kappa shape index (κ2) is 4.41. The van der Waals surface area contributed by atoms with Crippen LogP contribution >= 0.6 is 0 Å². The quantitative estimate of drug-likeness (QED) is 0.804. The first kappa shape index (κ1) is 13.8. The summed E-state index contributed by atoms with van der Waals surface area (Å²) in [5.74, 6) is -2.77. The number of amides is 3. The molecule has 1 heterocycles. The van der Waals surface area contributed by atoms with Gasteiger partial charge in [0.15, 0.2) is 6.10 Å². The van der Waals surface area contributed by atoms with Crippen LogP contribution in [0.1, 0.15) is 13.3 Å². The molecule has 0 radical (unpaired) electrons. The van der Waals surface area contributed by atoms with Crippen LogP contribution in [0.4, 0.5) is 19.3 Å². The summed E-state index contributed by atoms with van der Waals surface area (Å²) in [5, 5.41) is 0. The van der Waals surface area contributed by atoms with Crippen molar-refractivity contribution in [3.8, 4) is 5.75 Å². The van der Waals surface area contributed by atoms with Crippen molar-refractivity contribution in [2.75, 3.05) is 11.9 Å². The number of urea groups is 1. The van der Waals surface area contributed by atoms with E-state index in [4.69, 9.17) is 4.74 Å². The Morgan fingerprint density at radius 1 is 1.24 bits per heavy atom. The number of hydrogen-bond donors (Lipinski definition) is 0. The number of alkyl halides is 2. The highest BCUT2D eigenvalue weighted by atomic mass is 19.3. The molecule has 1 unspecified atom stereocenters. The van der Waals surface area contributed by atoms with Crippen LogP contribution in [0.2, 0.25) is 0 Å². The second-order valence-corrected chi connectivity index (χ2v) is 5.31. The third-order valence-electron chi connectivity index (χ3n) is 3.79. The molecular weight excluding hydrogens is 282 g/mol. The fraction of sp³-hybridized carbons (Fsp3) is 0.429. The Hall–Kier alpha value is -2.18. The van der Waals surface area contributed by atoms with E-state index in [1.807, 2.05) is 0 Å². The Bertz CT molecular complexity index is 583. The van der Waals surface area contributed by atoms with Gasteiger partial charge in [-0.2, -0.15) is 0 Å². The van der Waals surface area contributed by atoms with Crippen LogP contribution in [-0.2, 0) is 4.79 Å². The first-order chi connectivity index (χ1) is 9.81. The van der Waals surface area contributed by atoms with Crippen molar-refractivity contribution in [2.45, 2.75) is 31.4 Å². The highest BCUT2D eigenvalue weighted by Crippen LogP contribution is 2.44. The molecule has 1 saturated carbocycles. The summed E-state index contributed by atoms with van der Waals surface area (Å²) in [6.45, 7) is 1.65. The van der Waals surface area contributed by atoms with Gasteiger partial charge in [0.1, 0.15) is 11.8 Å². The molecule has 3 amide bonds. The van der Waals surface area contributed by atoms with E-state index in [0.29, 0.717) is 11.4 Å². The average Bonchev–Trinajstić information content (AvgIpc) is 2.99. The monoisotopic (exact) mass is 296 g/mol. The molecule has 2 fully saturated rings. The maximum atomic E-state index is 12.8. The van der Waals surface area contributed by atoms with Crippen LogP contribution in [0, 0.1) is 0 Å². The molecule has 2 atom stereocenters. The lowest BCUT2D eigenvalue weighted by molar-refractivity contribution is -0.119. The number of rotatable bonds is 3. The summed E-state index contributed by atoms with van der Waals surface area (Å²) in [4.78, 5) is 26.4.